The van der Waals surface area contributed by atoms with Crippen LogP contribution in [-0.2, 0) is 20.1 Å². The van der Waals surface area contributed by atoms with E-state index in [-0.39, 0.29) is 22.9 Å². The van der Waals surface area contributed by atoms with E-state index in [0.29, 0.717) is 22.6 Å². The Hall–Kier alpha value is -3.88. The molecular formula is C26H29F2N5O5S2. The molecular weight excluding hydrogens is 564 g/mol. The van der Waals surface area contributed by atoms with E-state index < -0.39 is 42.3 Å². The van der Waals surface area contributed by atoms with Crippen molar-refractivity contribution in [3.05, 3.63) is 72.3 Å². The van der Waals surface area contributed by atoms with Gasteiger partial charge in [0.15, 0.2) is 5.82 Å². The van der Waals surface area contributed by atoms with Crippen molar-refractivity contribution in [1.82, 2.24) is 15.0 Å². The third kappa shape index (κ3) is 7.20. The Morgan fingerprint density at radius 2 is 1.43 bits per heavy atom. The minimum absolute atomic E-state index is 0.0256. The minimum atomic E-state index is -3.74. The summed E-state index contributed by atoms with van der Waals surface area (Å²) in [5.41, 5.74) is 7.48. The van der Waals surface area contributed by atoms with Gasteiger partial charge in [-0.05, 0) is 52.0 Å². The fraction of sp³-hybridized carbons (Fsp3) is 0.231. The number of nitrogens with zero attached hydrogens (tertiary/aromatic N) is 2. The summed E-state index contributed by atoms with van der Waals surface area (Å²) >= 11 is 0. The van der Waals surface area contributed by atoms with Gasteiger partial charge in [-0.15, -0.1) is 0 Å². The fourth-order valence-corrected chi connectivity index (χ4v) is 3.82. The summed E-state index contributed by atoms with van der Waals surface area (Å²) in [6.07, 6.45) is 0. The molecule has 0 aliphatic rings. The number of anilines is 2. The summed E-state index contributed by atoms with van der Waals surface area (Å²) in [7, 11) is -7.44. The third-order valence-corrected chi connectivity index (χ3v) is 8.50. The second-order valence-electron chi connectivity index (χ2n) is 9.17. The minimum Gasteiger partial charge on any atom is -0.396 e. The number of nitrogens with one attached hydrogen (secondary N) is 2. The van der Waals surface area contributed by atoms with E-state index >= 15 is 0 Å². The molecule has 10 nitrogen and oxygen atoms in total. The SMILES string of the molecule is CC(C)S(=O)(=O)Nc1nc(-c2[nH]c(-c3c(F)cccc3F)nc2-c2ccccc2)ccc1N.CC(C)S(=O)(=O)O. The second-order valence-corrected chi connectivity index (χ2v) is 13.4. The van der Waals surface area contributed by atoms with Crippen molar-refractivity contribution in [2.45, 2.75) is 38.2 Å². The predicted molar refractivity (Wildman–Crippen MR) is 151 cm³/mol. The Labute approximate surface area is 231 Å². The molecule has 0 radical (unpaired) electrons. The topological polar surface area (TPSA) is 168 Å². The van der Waals surface area contributed by atoms with Crippen molar-refractivity contribution in [3.63, 3.8) is 0 Å². The maximum absolute atomic E-state index is 14.5. The number of aromatic nitrogens is 3. The molecule has 40 heavy (non-hydrogen) atoms. The van der Waals surface area contributed by atoms with E-state index in [1.165, 1.54) is 39.8 Å². The number of imidazole rings is 1. The van der Waals surface area contributed by atoms with Crippen LogP contribution in [0.3, 0.4) is 0 Å². The largest absolute Gasteiger partial charge is 0.396 e. The smallest absolute Gasteiger partial charge is 0.267 e. The Morgan fingerprint density at radius 3 is 1.95 bits per heavy atom. The van der Waals surface area contributed by atoms with Gasteiger partial charge in [-0.1, -0.05) is 36.4 Å². The first-order valence-corrected chi connectivity index (χ1v) is 15.0. The van der Waals surface area contributed by atoms with E-state index in [9.17, 15) is 25.6 Å². The number of H-pyrrole nitrogens is 1. The van der Waals surface area contributed by atoms with Gasteiger partial charge in [0.2, 0.25) is 10.0 Å². The van der Waals surface area contributed by atoms with Crippen molar-refractivity contribution in [2.75, 3.05) is 10.5 Å². The molecule has 0 saturated carbocycles. The zero-order valence-corrected chi connectivity index (χ0v) is 23.7. The van der Waals surface area contributed by atoms with E-state index in [0.717, 1.165) is 12.1 Å². The number of benzene rings is 2. The average Bonchev–Trinajstić information content (AvgIpc) is 3.30. The van der Waals surface area contributed by atoms with Gasteiger partial charge < -0.3 is 10.7 Å². The lowest BCUT2D eigenvalue weighted by atomic mass is 10.1. The molecule has 0 unspecified atom stereocenters. The first-order chi connectivity index (χ1) is 18.6. The Balaban J connectivity index is 0.000000559. The van der Waals surface area contributed by atoms with Crippen LogP contribution < -0.4 is 10.5 Å². The van der Waals surface area contributed by atoms with Crippen LogP contribution in [0.15, 0.2) is 60.7 Å². The molecule has 0 aliphatic heterocycles. The lowest BCUT2D eigenvalue weighted by Gasteiger charge is -2.13. The molecule has 0 bridgehead atoms. The molecule has 4 rings (SSSR count). The number of pyridine rings is 1. The lowest BCUT2D eigenvalue weighted by molar-refractivity contribution is 0.473. The molecule has 0 spiro atoms. The highest BCUT2D eigenvalue weighted by atomic mass is 32.2. The van der Waals surface area contributed by atoms with Gasteiger partial charge in [-0.25, -0.2) is 27.2 Å². The number of hydrogen-bond acceptors (Lipinski definition) is 7. The van der Waals surface area contributed by atoms with Crippen molar-refractivity contribution < 1.29 is 30.2 Å². The first kappa shape index (κ1) is 30.7. The lowest BCUT2D eigenvalue weighted by Crippen LogP contribution is -2.23. The second kappa shape index (κ2) is 12.1. The summed E-state index contributed by atoms with van der Waals surface area (Å²) < 4.78 is 83.8. The zero-order chi connectivity index (χ0) is 29.8. The van der Waals surface area contributed by atoms with Crippen LogP contribution in [0.4, 0.5) is 20.3 Å². The number of rotatable bonds is 7. The number of aromatic amines is 1. The van der Waals surface area contributed by atoms with Crippen molar-refractivity contribution >= 4 is 31.6 Å². The van der Waals surface area contributed by atoms with E-state index in [1.807, 2.05) is 6.07 Å². The first-order valence-electron chi connectivity index (χ1n) is 12.0. The number of nitrogens with two attached hydrogens (primary N) is 1. The highest BCUT2D eigenvalue weighted by Gasteiger charge is 2.23. The molecule has 0 atom stereocenters. The van der Waals surface area contributed by atoms with Crippen molar-refractivity contribution in [1.29, 1.82) is 0 Å². The summed E-state index contributed by atoms with van der Waals surface area (Å²) in [6, 6.07) is 15.6. The average molecular weight is 594 g/mol. The van der Waals surface area contributed by atoms with Gasteiger partial charge in [0.25, 0.3) is 10.1 Å². The monoisotopic (exact) mass is 593 g/mol. The van der Waals surface area contributed by atoms with Crippen LogP contribution in [0.1, 0.15) is 27.7 Å². The van der Waals surface area contributed by atoms with Crippen molar-refractivity contribution in [2.24, 2.45) is 0 Å². The number of halogens is 2. The molecule has 14 heteroatoms. The summed E-state index contributed by atoms with van der Waals surface area (Å²) in [6.45, 7) is 5.88. The standard InChI is InChI=1S/C23H21F2N5O2S.C3H8O3S/c1-13(2)33(31,32)30-22-17(26)11-12-18(27-22)21-20(14-7-4-3-5-8-14)28-23(29-21)19-15(24)9-6-10-16(19)25;1-3(2)7(4,5)6/h3-13H,26H2,1-2H3,(H,27,30)(H,28,29);3H,1-2H3,(H,4,5,6). The van der Waals surface area contributed by atoms with Crippen LogP contribution in [0, 0.1) is 11.6 Å². The molecule has 2 aromatic carbocycles. The van der Waals surface area contributed by atoms with E-state index in [2.05, 4.69) is 19.7 Å². The molecule has 0 saturated heterocycles. The Kier molecular flexibility index (Phi) is 9.28. The zero-order valence-electron chi connectivity index (χ0n) is 22.1. The number of hydrogen-bond donors (Lipinski definition) is 4. The van der Waals surface area contributed by atoms with Crippen LogP contribution >= 0.6 is 0 Å². The molecule has 2 aromatic heterocycles. The van der Waals surface area contributed by atoms with Gasteiger partial charge >= 0.3 is 0 Å². The molecule has 4 aromatic rings. The number of nitrogen functional groups attached to an aromatic ring is 1. The van der Waals surface area contributed by atoms with Crippen LogP contribution in [0.5, 0.6) is 0 Å². The van der Waals surface area contributed by atoms with Gasteiger partial charge in [0.05, 0.1) is 38.8 Å². The van der Waals surface area contributed by atoms with Gasteiger partial charge in [0, 0.05) is 5.56 Å². The van der Waals surface area contributed by atoms with Gasteiger partial charge in [-0.2, -0.15) is 8.42 Å². The molecule has 0 fully saturated rings. The van der Waals surface area contributed by atoms with Crippen LogP contribution in [-0.4, -0.2) is 46.8 Å². The van der Waals surface area contributed by atoms with Gasteiger partial charge in [0.1, 0.15) is 17.5 Å². The summed E-state index contributed by atoms with van der Waals surface area (Å²) in [5.74, 6) is -1.62. The van der Waals surface area contributed by atoms with E-state index in [1.54, 1.807) is 30.3 Å². The molecule has 5 N–H and O–H groups in total. The third-order valence-electron chi connectivity index (χ3n) is 5.59. The molecule has 0 amide bonds. The number of sulfonamides is 1. The highest BCUT2D eigenvalue weighted by Crippen LogP contribution is 2.35. The summed E-state index contributed by atoms with van der Waals surface area (Å²) in [5, 5.41) is -1.38. The molecule has 214 valence electrons. The van der Waals surface area contributed by atoms with E-state index in [4.69, 9.17) is 10.3 Å². The molecule has 0 aliphatic carbocycles. The molecule has 2 heterocycles. The van der Waals surface area contributed by atoms with Gasteiger partial charge in [-0.3, -0.25) is 9.27 Å². The predicted octanol–water partition coefficient (Wildman–Crippen LogP) is 5.10. The quantitative estimate of drug-likeness (QED) is 0.215. The van der Waals surface area contributed by atoms with Crippen LogP contribution in [0.2, 0.25) is 0 Å². The fourth-order valence-electron chi connectivity index (χ4n) is 3.15. The van der Waals surface area contributed by atoms with Crippen LogP contribution in [0.25, 0.3) is 34.0 Å². The normalized spacial score (nSPS) is 11.8. The van der Waals surface area contributed by atoms with Crippen molar-refractivity contribution in [3.8, 4) is 34.0 Å². The highest BCUT2D eigenvalue weighted by molar-refractivity contribution is 7.93. The Bertz CT molecular complexity index is 1690. The maximum Gasteiger partial charge on any atom is 0.267 e. The summed E-state index contributed by atoms with van der Waals surface area (Å²) in [4.78, 5) is 11.8. The Morgan fingerprint density at radius 1 is 0.850 bits per heavy atom. The maximum atomic E-state index is 14.5.